The highest BCUT2D eigenvalue weighted by Gasteiger charge is 2.23. The third-order valence-electron chi connectivity index (χ3n) is 3.96. The molecule has 0 amide bonds. The van der Waals surface area contributed by atoms with Crippen molar-refractivity contribution < 1.29 is 0 Å². The first-order valence-corrected chi connectivity index (χ1v) is 7.15. The summed E-state index contributed by atoms with van der Waals surface area (Å²) in [6.45, 7) is 4.63. The summed E-state index contributed by atoms with van der Waals surface area (Å²) in [5, 5.41) is 3.73. The van der Waals surface area contributed by atoms with Gasteiger partial charge in [-0.3, -0.25) is 0 Å². The van der Waals surface area contributed by atoms with Crippen molar-refractivity contribution in [2.45, 2.75) is 38.1 Å². The number of nitrogens with zero attached hydrogens (tertiary/aromatic N) is 1. The summed E-state index contributed by atoms with van der Waals surface area (Å²) in [4.78, 5) is 2.25. The zero-order chi connectivity index (χ0) is 13.0. The van der Waals surface area contributed by atoms with Gasteiger partial charge in [0.05, 0.1) is 0 Å². The largest absolute Gasteiger partial charge is 0.310 e. The molecular formula is C16H26N2. The van der Waals surface area contributed by atoms with Gasteiger partial charge >= 0.3 is 0 Å². The van der Waals surface area contributed by atoms with Gasteiger partial charge in [-0.05, 0) is 63.5 Å². The SMILES string of the molecule is CC1CCC(NCCCN(C)C)c2ccccc21. The average molecular weight is 246 g/mol. The van der Waals surface area contributed by atoms with Gasteiger partial charge in [0.15, 0.2) is 0 Å². The summed E-state index contributed by atoms with van der Waals surface area (Å²) in [6.07, 6.45) is 3.81. The molecule has 1 aliphatic carbocycles. The molecule has 2 rings (SSSR count). The number of nitrogens with one attached hydrogen (secondary N) is 1. The monoisotopic (exact) mass is 246 g/mol. The first-order valence-electron chi connectivity index (χ1n) is 7.15. The molecular weight excluding hydrogens is 220 g/mol. The van der Waals surface area contributed by atoms with Crippen molar-refractivity contribution in [2.24, 2.45) is 0 Å². The molecule has 0 fully saturated rings. The van der Waals surface area contributed by atoms with Gasteiger partial charge in [0.25, 0.3) is 0 Å². The van der Waals surface area contributed by atoms with Gasteiger partial charge in [-0.15, -0.1) is 0 Å². The van der Waals surface area contributed by atoms with Gasteiger partial charge in [0.1, 0.15) is 0 Å². The van der Waals surface area contributed by atoms with Crippen molar-refractivity contribution in [2.75, 3.05) is 27.2 Å². The fourth-order valence-electron chi connectivity index (χ4n) is 2.89. The highest BCUT2D eigenvalue weighted by atomic mass is 15.1. The van der Waals surface area contributed by atoms with E-state index in [4.69, 9.17) is 0 Å². The van der Waals surface area contributed by atoms with Crippen molar-refractivity contribution in [1.82, 2.24) is 10.2 Å². The van der Waals surface area contributed by atoms with E-state index in [0.717, 1.165) is 19.0 Å². The first kappa shape index (κ1) is 13.6. The fraction of sp³-hybridized carbons (Fsp3) is 0.625. The minimum atomic E-state index is 0.569. The normalized spacial score (nSPS) is 23.1. The lowest BCUT2D eigenvalue weighted by molar-refractivity contribution is 0.374. The smallest absolute Gasteiger partial charge is 0.0323 e. The second kappa shape index (κ2) is 6.35. The fourth-order valence-corrected chi connectivity index (χ4v) is 2.89. The third kappa shape index (κ3) is 3.33. The summed E-state index contributed by atoms with van der Waals surface area (Å²) in [5.41, 5.74) is 3.08. The van der Waals surface area contributed by atoms with Crippen LogP contribution in [0.3, 0.4) is 0 Å². The predicted octanol–water partition coefficient (Wildman–Crippen LogP) is 3.17. The Morgan fingerprint density at radius 2 is 1.89 bits per heavy atom. The van der Waals surface area contributed by atoms with E-state index >= 15 is 0 Å². The Morgan fingerprint density at radius 3 is 2.61 bits per heavy atom. The van der Waals surface area contributed by atoms with Crippen LogP contribution in [0.1, 0.15) is 49.3 Å². The maximum Gasteiger partial charge on any atom is 0.0323 e. The van der Waals surface area contributed by atoms with Crippen molar-refractivity contribution in [3.8, 4) is 0 Å². The molecule has 18 heavy (non-hydrogen) atoms. The molecule has 2 unspecified atom stereocenters. The molecule has 1 aromatic rings. The summed E-state index contributed by atoms with van der Waals surface area (Å²) in [5.74, 6) is 0.723. The van der Waals surface area contributed by atoms with Crippen LogP contribution in [0.5, 0.6) is 0 Å². The number of benzene rings is 1. The van der Waals surface area contributed by atoms with Crippen LogP contribution in [0.25, 0.3) is 0 Å². The lowest BCUT2D eigenvalue weighted by atomic mass is 9.81. The second-order valence-corrected chi connectivity index (χ2v) is 5.77. The molecule has 0 aliphatic heterocycles. The quantitative estimate of drug-likeness (QED) is 0.803. The van der Waals surface area contributed by atoms with E-state index in [1.807, 2.05) is 0 Å². The van der Waals surface area contributed by atoms with Gasteiger partial charge in [0, 0.05) is 6.04 Å². The molecule has 0 aromatic heterocycles. The van der Waals surface area contributed by atoms with Gasteiger partial charge in [-0.25, -0.2) is 0 Å². The van der Waals surface area contributed by atoms with E-state index in [2.05, 4.69) is 55.5 Å². The van der Waals surface area contributed by atoms with E-state index in [-0.39, 0.29) is 0 Å². The van der Waals surface area contributed by atoms with Crippen LogP contribution < -0.4 is 5.32 Å². The maximum atomic E-state index is 3.73. The van der Waals surface area contributed by atoms with Gasteiger partial charge in [-0.1, -0.05) is 31.2 Å². The topological polar surface area (TPSA) is 15.3 Å². The van der Waals surface area contributed by atoms with Gasteiger partial charge in [-0.2, -0.15) is 0 Å². The van der Waals surface area contributed by atoms with Crippen LogP contribution in [0.2, 0.25) is 0 Å². The zero-order valence-corrected chi connectivity index (χ0v) is 11.9. The molecule has 0 radical (unpaired) electrons. The van der Waals surface area contributed by atoms with Crippen LogP contribution in [0.15, 0.2) is 24.3 Å². The lowest BCUT2D eigenvalue weighted by Gasteiger charge is -2.30. The second-order valence-electron chi connectivity index (χ2n) is 5.77. The molecule has 2 atom stereocenters. The predicted molar refractivity (Wildman–Crippen MR) is 78.0 cm³/mol. The van der Waals surface area contributed by atoms with Crippen LogP contribution in [0, 0.1) is 0 Å². The Morgan fingerprint density at radius 1 is 1.17 bits per heavy atom. The van der Waals surface area contributed by atoms with E-state index in [1.165, 1.54) is 24.8 Å². The van der Waals surface area contributed by atoms with E-state index < -0.39 is 0 Å². The minimum Gasteiger partial charge on any atom is -0.310 e. The summed E-state index contributed by atoms with van der Waals surface area (Å²) >= 11 is 0. The Kier molecular flexibility index (Phi) is 4.79. The van der Waals surface area contributed by atoms with E-state index in [1.54, 1.807) is 5.56 Å². The minimum absolute atomic E-state index is 0.569. The molecule has 1 N–H and O–H groups in total. The van der Waals surface area contributed by atoms with Crippen LogP contribution in [0.4, 0.5) is 0 Å². The Labute approximate surface area is 111 Å². The standard InChI is InChI=1S/C16H26N2/c1-13-9-10-16(17-11-6-12-18(2)3)15-8-5-4-7-14(13)15/h4-5,7-8,13,16-17H,6,9-12H2,1-3H3. The summed E-state index contributed by atoms with van der Waals surface area (Å²) in [6, 6.07) is 9.51. The van der Waals surface area contributed by atoms with Crippen molar-refractivity contribution in [3.63, 3.8) is 0 Å². The number of hydrogen-bond acceptors (Lipinski definition) is 2. The molecule has 2 heteroatoms. The molecule has 100 valence electrons. The average Bonchev–Trinajstić information content (AvgIpc) is 2.37. The Bertz CT molecular complexity index is 373. The molecule has 0 spiro atoms. The lowest BCUT2D eigenvalue weighted by Crippen LogP contribution is -2.28. The van der Waals surface area contributed by atoms with Crippen LogP contribution in [-0.2, 0) is 0 Å². The van der Waals surface area contributed by atoms with E-state index in [9.17, 15) is 0 Å². The molecule has 0 heterocycles. The highest BCUT2D eigenvalue weighted by molar-refractivity contribution is 5.34. The van der Waals surface area contributed by atoms with Crippen molar-refractivity contribution in [1.29, 1.82) is 0 Å². The molecule has 1 aliphatic rings. The Hall–Kier alpha value is -0.860. The molecule has 1 aromatic carbocycles. The van der Waals surface area contributed by atoms with Gasteiger partial charge in [0.2, 0.25) is 0 Å². The number of rotatable bonds is 5. The summed E-state index contributed by atoms with van der Waals surface area (Å²) < 4.78 is 0. The molecule has 0 saturated carbocycles. The van der Waals surface area contributed by atoms with Crippen molar-refractivity contribution >= 4 is 0 Å². The van der Waals surface area contributed by atoms with Crippen LogP contribution in [-0.4, -0.2) is 32.1 Å². The number of fused-ring (bicyclic) bond motifs is 1. The van der Waals surface area contributed by atoms with Crippen LogP contribution >= 0.6 is 0 Å². The van der Waals surface area contributed by atoms with Gasteiger partial charge < -0.3 is 10.2 Å². The van der Waals surface area contributed by atoms with Crippen molar-refractivity contribution in [3.05, 3.63) is 35.4 Å². The summed E-state index contributed by atoms with van der Waals surface area (Å²) in [7, 11) is 4.27. The maximum absolute atomic E-state index is 3.73. The van der Waals surface area contributed by atoms with E-state index in [0.29, 0.717) is 6.04 Å². The first-order chi connectivity index (χ1) is 8.68. The molecule has 2 nitrogen and oxygen atoms in total. The zero-order valence-electron chi connectivity index (χ0n) is 11.9. The third-order valence-corrected chi connectivity index (χ3v) is 3.96. The molecule has 0 bridgehead atoms. The molecule has 0 saturated heterocycles. The number of hydrogen-bond donors (Lipinski definition) is 1. The Balaban J connectivity index is 1.92. The highest BCUT2D eigenvalue weighted by Crippen LogP contribution is 2.36.